The van der Waals surface area contributed by atoms with Crippen molar-refractivity contribution in [1.82, 2.24) is 9.21 Å². The van der Waals surface area contributed by atoms with Crippen LogP contribution in [0, 0.1) is 0 Å². The van der Waals surface area contributed by atoms with Crippen molar-refractivity contribution in [3.8, 4) is 11.1 Å². The highest BCUT2D eigenvalue weighted by Gasteiger charge is 2.31. The van der Waals surface area contributed by atoms with E-state index in [0.717, 1.165) is 33.4 Å². The SMILES string of the molecule is CN(C(=O)OCC1c2ccccc2-c2ccccc21)[C@@H](CCCCN(C)S(C)(=O)=O)C(=O)O. The van der Waals surface area contributed by atoms with Crippen LogP contribution in [0.15, 0.2) is 48.5 Å². The number of nitrogens with zero attached hydrogens (tertiary/aromatic N) is 2. The Bertz CT molecular complexity index is 1070. The van der Waals surface area contributed by atoms with E-state index < -0.39 is 28.1 Å². The number of benzene rings is 2. The summed E-state index contributed by atoms with van der Waals surface area (Å²) in [5.74, 6) is -1.23. The number of rotatable bonds is 10. The Kier molecular flexibility index (Phi) is 7.76. The largest absolute Gasteiger partial charge is 0.480 e. The Morgan fingerprint density at radius 2 is 1.55 bits per heavy atom. The van der Waals surface area contributed by atoms with E-state index in [-0.39, 0.29) is 18.9 Å². The van der Waals surface area contributed by atoms with Gasteiger partial charge in [-0.2, -0.15) is 0 Å². The van der Waals surface area contributed by atoms with E-state index >= 15 is 0 Å². The molecule has 1 N–H and O–H groups in total. The predicted octanol–water partition coefficient (Wildman–Crippen LogP) is 3.38. The van der Waals surface area contributed by atoms with Crippen LogP contribution in [0.4, 0.5) is 4.79 Å². The lowest BCUT2D eigenvalue weighted by molar-refractivity contribution is -0.142. The van der Waals surface area contributed by atoms with E-state index in [4.69, 9.17) is 4.74 Å². The summed E-state index contributed by atoms with van der Waals surface area (Å²) in [6.45, 7) is 0.405. The summed E-state index contributed by atoms with van der Waals surface area (Å²) in [4.78, 5) is 25.6. The van der Waals surface area contributed by atoms with E-state index in [1.54, 1.807) is 0 Å². The topological polar surface area (TPSA) is 104 Å². The molecule has 9 heteroatoms. The summed E-state index contributed by atoms with van der Waals surface area (Å²) >= 11 is 0. The van der Waals surface area contributed by atoms with Gasteiger partial charge in [0.15, 0.2) is 0 Å². The number of likely N-dealkylation sites (N-methyl/N-ethyl adjacent to an activating group) is 1. The summed E-state index contributed by atoms with van der Waals surface area (Å²) in [7, 11) is -0.379. The molecule has 0 radical (unpaired) electrons. The zero-order valence-electron chi connectivity index (χ0n) is 19.1. The number of ether oxygens (including phenoxy) is 1. The second-order valence-corrected chi connectivity index (χ2v) is 10.4. The number of carbonyl (C=O) groups is 2. The van der Waals surface area contributed by atoms with Crippen LogP contribution >= 0.6 is 0 Å². The Hall–Kier alpha value is -2.91. The van der Waals surface area contributed by atoms with Crippen LogP contribution in [-0.2, 0) is 19.6 Å². The lowest BCUT2D eigenvalue weighted by atomic mass is 9.98. The van der Waals surface area contributed by atoms with Gasteiger partial charge in [-0.15, -0.1) is 0 Å². The van der Waals surface area contributed by atoms with Crippen LogP contribution in [0.2, 0.25) is 0 Å². The molecular formula is C24H30N2O6S. The van der Waals surface area contributed by atoms with Gasteiger partial charge in [0, 0.05) is 26.6 Å². The first-order chi connectivity index (χ1) is 15.6. The van der Waals surface area contributed by atoms with Crippen LogP contribution < -0.4 is 0 Å². The minimum atomic E-state index is -3.28. The number of hydrogen-bond acceptors (Lipinski definition) is 5. The van der Waals surface area contributed by atoms with Gasteiger partial charge in [0.05, 0.1) is 6.26 Å². The zero-order chi connectivity index (χ0) is 24.2. The Morgan fingerprint density at radius 1 is 1.00 bits per heavy atom. The molecule has 2 aromatic rings. The molecule has 1 aliphatic rings. The first kappa shape index (κ1) is 24.7. The maximum atomic E-state index is 12.7. The molecule has 0 heterocycles. The molecule has 178 valence electrons. The van der Waals surface area contributed by atoms with Crippen molar-refractivity contribution in [2.24, 2.45) is 0 Å². The number of carboxylic acid groups (broad SMARTS) is 1. The molecular weight excluding hydrogens is 444 g/mol. The summed E-state index contributed by atoms with van der Waals surface area (Å²) < 4.78 is 29.7. The molecule has 0 aromatic heterocycles. The highest BCUT2D eigenvalue weighted by atomic mass is 32.2. The summed E-state index contributed by atoms with van der Waals surface area (Å²) in [6.07, 6.45) is 1.58. The van der Waals surface area contributed by atoms with Crippen molar-refractivity contribution < 1.29 is 27.9 Å². The third-order valence-electron chi connectivity index (χ3n) is 6.14. The highest BCUT2D eigenvalue weighted by Crippen LogP contribution is 2.44. The van der Waals surface area contributed by atoms with Crippen LogP contribution in [-0.4, -0.2) is 74.3 Å². The smallest absolute Gasteiger partial charge is 0.410 e. The van der Waals surface area contributed by atoms with E-state index in [0.29, 0.717) is 19.4 Å². The number of sulfonamides is 1. The third-order valence-corrected chi connectivity index (χ3v) is 7.46. The molecule has 0 saturated carbocycles. The fraction of sp³-hybridized carbons (Fsp3) is 0.417. The number of fused-ring (bicyclic) bond motifs is 3. The molecule has 0 spiro atoms. The van der Waals surface area contributed by atoms with Crippen molar-refractivity contribution in [1.29, 1.82) is 0 Å². The molecule has 0 aliphatic heterocycles. The quantitative estimate of drug-likeness (QED) is 0.530. The molecule has 1 amide bonds. The normalized spacial score (nSPS) is 13.9. The molecule has 0 saturated heterocycles. The van der Waals surface area contributed by atoms with Crippen molar-refractivity contribution in [3.05, 3.63) is 59.7 Å². The van der Waals surface area contributed by atoms with E-state index in [1.165, 1.54) is 18.4 Å². The molecule has 33 heavy (non-hydrogen) atoms. The average Bonchev–Trinajstić information content (AvgIpc) is 3.09. The van der Waals surface area contributed by atoms with Gasteiger partial charge < -0.3 is 9.84 Å². The minimum absolute atomic E-state index is 0.107. The van der Waals surface area contributed by atoms with E-state index in [2.05, 4.69) is 0 Å². The standard InChI is InChI=1S/C24H30N2O6S/c1-25(33(3,30)31)15-9-8-14-22(23(27)28)26(2)24(29)32-16-21-19-12-6-4-10-17(19)18-11-5-7-13-20(18)21/h4-7,10-13,21-22H,8-9,14-16H2,1-3H3,(H,27,28)/t22-/m0/s1. The maximum absolute atomic E-state index is 12.7. The van der Waals surface area contributed by atoms with Gasteiger partial charge in [-0.05, 0) is 41.5 Å². The lowest BCUT2D eigenvalue weighted by Gasteiger charge is -2.25. The second-order valence-electron chi connectivity index (χ2n) is 8.35. The fourth-order valence-corrected chi connectivity index (χ4v) is 4.60. The van der Waals surface area contributed by atoms with Crippen molar-refractivity contribution in [2.75, 3.05) is 33.5 Å². The van der Waals surface area contributed by atoms with Crippen molar-refractivity contribution in [3.63, 3.8) is 0 Å². The number of carboxylic acids is 1. The first-order valence-corrected chi connectivity index (χ1v) is 12.7. The molecule has 8 nitrogen and oxygen atoms in total. The Labute approximate surface area is 194 Å². The fourth-order valence-electron chi connectivity index (χ4n) is 4.14. The monoisotopic (exact) mass is 474 g/mol. The lowest BCUT2D eigenvalue weighted by Crippen LogP contribution is -2.43. The molecule has 0 bridgehead atoms. The number of unbranched alkanes of at least 4 members (excludes halogenated alkanes) is 1. The van der Waals surface area contributed by atoms with Gasteiger partial charge in [-0.1, -0.05) is 48.5 Å². The number of carbonyl (C=O) groups excluding carboxylic acids is 1. The third kappa shape index (κ3) is 5.72. The predicted molar refractivity (Wildman–Crippen MR) is 126 cm³/mol. The van der Waals surface area contributed by atoms with Gasteiger partial charge >= 0.3 is 12.1 Å². The van der Waals surface area contributed by atoms with Gasteiger partial charge in [-0.3, -0.25) is 4.90 Å². The number of amides is 1. The molecule has 3 rings (SSSR count). The van der Waals surface area contributed by atoms with E-state index in [9.17, 15) is 23.1 Å². The summed E-state index contributed by atoms with van der Waals surface area (Å²) in [5, 5.41) is 9.61. The number of hydrogen-bond donors (Lipinski definition) is 1. The minimum Gasteiger partial charge on any atom is -0.480 e. The average molecular weight is 475 g/mol. The second kappa shape index (κ2) is 10.4. The maximum Gasteiger partial charge on any atom is 0.410 e. The summed E-state index contributed by atoms with van der Waals surface area (Å²) in [5.41, 5.74) is 4.40. The first-order valence-electron chi connectivity index (χ1n) is 10.8. The molecule has 1 atom stereocenters. The van der Waals surface area contributed by atoms with Gasteiger partial charge in [0.2, 0.25) is 10.0 Å². The van der Waals surface area contributed by atoms with E-state index in [1.807, 2.05) is 48.5 Å². The van der Waals surface area contributed by atoms with Gasteiger partial charge in [0.1, 0.15) is 12.6 Å². The summed E-state index contributed by atoms with van der Waals surface area (Å²) in [6, 6.07) is 14.9. The van der Waals surface area contributed by atoms with Crippen molar-refractivity contribution in [2.45, 2.75) is 31.2 Å². The van der Waals surface area contributed by atoms with Crippen LogP contribution in [0.5, 0.6) is 0 Å². The molecule has 2 aromatic carbocycles. The highest BCUT2D eigenvalue weighted by molar-refractivity contribution is 7.88. The van der Waals surface area contributed by atoms with Crippen LogP contribution in [0.25, 0.3) is 11.1 Å². The molecule has 0 fully saturated rings. The Morgan fingerprint density at radius 3 is 2.06 bits per heavy atom. The van der Waals surface area contributed by atoms with Crippen LogP contribution in [0.3, 0.4) is 0 Å². The number of aliphatic carboxylic acids is 1. The van der Waals surface area contributed by atoms with Gasteiger partial charge in [-0.25, -0.2) is 22.3 Å². The van der Waals surface area contributed by atoms with Crippen molar-refractivity contribution >= 4 is 22.1 Å². The Balaban J connectivity index is 1.59. The zero-order valence-corrected chi connectivity index (χ0v) is 19.9. The molecule has 0 unspecified atom stereocenters. The van der Waals surface area contributed by atoms with Gasteiger partial charge in [0.25, 0.3) is 0 Å². The van der Waals surface area contributed by atoms with Crippen LogP contribution in [0.1, 0.15) is 36.3 Å². The molecule has 1 aliphatic carbocycles.